The highest BCUT2D eigenvalue weighted by Crippen LogP contribution is 2.34. The first-order valence-electron chi connectivity index (χ1n) is 9.38. The van der Waals surface area contributed by atoms with Crippen molar-refractivity contribution in [1.29, 1.82) is 0 Å². The van der Waals surface area contributed by atoms with Crippen LogP contribution in [0.3, 0.4) is 0 Å². The van der Waals surface area contributed by atoms with Crippen molar-refractivity contribution in [3.63, 3.8) is 0 Å². The molecular weight excluding hydrogens is 399 g/mol. The number of cyclic esters (lactones) is 1. The SMILES string of the molecule is O=C1N[C@]2(CCC[C@H](Nc3nc(-c4c[nH]c5ncc(Cl)cc45)ncc3F)C2)CO1. The number of carbonyl (C=O) groups excluding carboxylic acids is 1. The van der Waals surface area contributed by atoms with Crippen molar-refractivity contribution >= 4 is 34.5 Å². The molecule has 2 atom stereocenters. The first kappa shape index (κ1) is 18.1. The van der Waals surface area contributed by atoms with E-state index in [1.165, 1.54) is 0 Å². The van der Waals surface area contributed by atoms with Crippen molar-refractivity contribution in [2.45, 2.75) is 37.3 Å². The average Bonchev–Trinajstić information content (AvgIpc) is 3.27. The predicted molar refractivity (Wildman–Crippen MR) is 105 cm³/mol. The summed E-state index contributed by atoms with van der Waals surface area (Å²) in [5, 5.41) is 7.35. The van der Waals surface area contributed by atoms with E-state index in [2.05, 4.69) is 30.6 Å². The molecule has 0 radical (unpaired) electrons. The van der Waals surface area contributed by atoms with Crippen molar-refractivity contribution in [3.8, 4) is 11.4 Å². The highest BCUT2D eigenvalue weighted by atomic mass is 35.5. The Hall–Kier alpha value is -2.94. The number of H-pyrrole nitrogens is 1. The highest BCUT2D eigenvalue weighted by Gasteiger charge is 2.43. The minimum atomic E-state index is -0.531. The molecule has 3 aromatic heterocycles. The van der Waals surface area contributed by atoms with Crippen LogP contribution < -0.4 is 10.6 Å². The number of pyridine rings is 1. The van der Waals surface area contributed by atoms with E-state index in [0.717, 1.165) is 30.8 Å². The normalized spacial score (nSPS) is 23.9. The van der Waals surface area contributed by atoms with Gasteiger partial charge in [0, 0.05) is 29.4 Å². The standard InChI is InChI=1S/C19H18ClFN6O2/c20-10-4-12-13(7-23-15(12)22-6-10)16-24-8-14(21)17(26-16)25-11-2-1-3-19(5-11)9-29-18(28)27-19/h4,6-8,11H,1-3,5,9H2,(H,22,23)(H,27,28)(H,24,25,26)/t11-,19-/m0/s1. The van der Waals surface area contributed by atoms with Crippen LogP contribution in [0, 0.1) is 5.82 Å². The summed E-state index contributed by atoms with van der Waals surface area (Å²) in [6.07, 6.45) is 7.27. The zero-order chi connectivity index (χ0) is 20.0. The average molecular weight is 417 g/mol. The Labute approximate surface area is 170 Å². The summed E-state index contributed by atoms with van der Waals surface area (Å²) < 4.78 is 19.5. The van der Waals surface area contributed by atoms with Gasteiger partial charge in [-0.1, -0.05) is 11.6 Å². The van der Waals surface area contributed by atoms with Gasteiger partial charge < -0.3 is 20.4 Å². The Morgan fingerprint density at radius 2 is 2.24 bits per heavy atom. The first-order valence-corrected chi connectivity index (χ1v) is 9.76. The molecular formula is C19H18ClFN6O2. The topological polar surface area (TPSA) is 105 Å². The van der Waals surface area contributed by atoms with Gasteiger partial charge in [-0.25, -0.2) is 24.1 Å². The van der Waals surface area contributed by atoms with Gasteiger partial charge in [0.2, 0.25) is 0 Å². The monoisotopic (exact) mass is 416 g/mol. The van der Waals surface area contributed by atoms with Crippen LogP contribution in [-0.4, -0.2) is 44.2 Å². The summed E-state index contributed by atoms with van der Waals surface area (Å²) in [6, 6.07) is 1.73. The van der Waals surface area contributed by atoms with Gasteiger partial charge in [-0.05, 0) is 31.7 Å². The largest absolute Gasteiger partial charge is 0.447 e. The third-order valence-electron chi connectivity index (χ3n) is 5.52. The Morgan fingerprint density at radius 1 is 1.34 bits per heavy atom. The second-order valence-corrected chi connectivity index (χ2v) is 8.00. The number of rotatable bonds is 3. The number of carbonyl (C=O) groups is 1. The first-order chi connectivity index (χ1) is 14.0. The molecule has 0 unspecified atom stereocenters. The minimum absolute atomic E-state index is 0.0397. The van der Waals surface area contributed by atoms with E-state index in [4.69, 9.17) is 16.3 Å². The number of hydrogen-bond acceptors (Lipinski definition) is 6. The molecule has 2 aliphatic rings. The quantitative estimate of drug-likeness (QED) is 0.602. The molecule has 0 bridgehead atoms. The van der Waals surface area contributed by atoms with E-state index in [-0.39, 0.29) is 11.9 Å². The molecule has 3 N–H and O–H groups in total. The van der Waals surface area contributed by atoms with Crippen LogP contribution >= 0.6 is 11.6 Å². The maximum absolute atomic E-state index is 14.5. The van der Waals surface area contributed by atoms with Crippen LogP contribution in [0.25, 0.3) is 22.4 Å². The van der Waals surface area contributed by atoms with Crippen molar-refractivity contribution in [3.05, 3.63) is 35.5 Å². The minimum Gasteiger partial charge on any atom is -0.447 e. The fourth-order valence-electron chi connectivity index (χ4n) is 4.18. The summed E-state index contributed by atoms with van der Waals surface area (Å²) in [5.41, 5.74) is 0.950. The van der Waals surface area contributed by atoms with Crippen LogP contribution in [0.2, 0.25) is 5.02 Å². The lowest BCUT2D eigenvalue weighted by molar-refractivity contribution is 0.163. The molecule has 8 nitrogen and oxygen atoms in total. The van der Waals surface area contributed by atoms with Gasteiger partial charge in [-0.2, -0.15) is 0 Å². The number of fused-ring (bicyclic) bond motifs is 1. The molecule has 10 heteroatoms. The molecule has 29 heavy (non-hydrogen) atoms. The van der Waals surface area contributed by atoms with Crippen molar-refractivity contribution in [2.75, 3.05) is 11.9 Å². The molecule has 4 heterocycles. The Balaban J connectivity index is 1.42. The number of alkyl carbamates (subject to hydrolysis) is 1. The van der Waals surface area contributed by atoms with Crippen LogP contribution in [0.4, 0.5) is 15.0 Å². The highest BCUT2D eigenvalue weighted by molar-refractivity contribution is 6.31. The maximum atomic E-state index is 14.5. The number of amides is 1. The lowest BCUT2D eigenvalue weighted by atomic mass is 9.80. The van der Waals surface area contributed by atoms with Crippen LogP contribution in [0.15, 0.2) is 24.7 Å². The Bertz CT molecular complexity index is 1110. The fraction of sp³-hybridized carbons (Fsp3) is 0.368. The maximum Gasteiger partial charge on any atom is 0.407 e. The summed E-state index contributed by atoms with van der Waals surface area (Å²) in [5.74, 6) is -0.0325. The van der Waals surface area contributed by atoms with Crippen LogP contribution in [0.5, 0.6) is 0 Å². The van der Waals surface area contributed by atoms with Gasteiger partial charge in [0.1, 0.15) is 12.3 Å². The van der Waals surface area contributed by atoms with Gasteiger partial charge >= 0.3 is 6.09 Å². The van der Waals surface area contributed by atoms with E-state index in [1.54, 1.807) is 18.5 Å². The molecule has 5 rings (SSSR count). The van der Waals surface area contributed by atoms with Gasteiger partial charge in [0.05, 0.1) is 16.8 Å². The molecule has 1 amide bonds. The molecule has 150 valence electrons. The second-order valence-electron chi connectivity index (χ2n) is 7.56. The smallest absolute Gasteiger partial charge is 0.407 e. The number of nitrogens with zero attached hydrogens (tertiary/aromatic N) is 3. The molecule has 1 aliphatic carbocycles. The van der Waals surface area contributed by atoms with E-state index in [1.807, 2.05) is 0 Å². The van der Waals surface area contributed by atoms with Crippen molar-refractivity contribution < 1.29 is 13.9 Å². The zero-order valence-corrected chi connectivity index (χ0v) is 16.1. The molecule has 1 aliphatic heterocycles. The van der Waals surface area contributed by atoms with E-state index < -0.39 is 17.4 Å². The predicted octanol–water partition coefficient (Wildman–Crippen LogP) is 3.65. The number of aromatic nitrogens is 4. The number of hydrogen-bond donors (Lipinski definition) is 3. The molecule has 2 fully saturated rings. The number of nitrogens with one attached hydrogen (secondary N) is 3. The number of aromatic amines is 1. The third kappa shape index (κ3) is 3.35. The van der Waals surface area contributed by atoms with Crippen molar-refractivity contribution in [2.24, 2.45) is 0 Å². The Kier molecular flexibility index (Phi) is 4.27. The lowest BCUT2D eigenvalue weighted by Crippen LogP contribution is -2.50. The summed E-state index contributed by atoms with van der Waals surface area (Å²) in [7, 11) is 0. The fourth-order valence-corrected chi connectivity index (χ4v) is 4.34. The molecule has 3 aromatic rings. The van der Waals surface area contributed by atoms with E-state index in [0.29, 0.717) is 35.1 Å². The van der Waals surface area contributed by atoms with Crippen LogP contribution in [0.1, 0.15) is 25.7 Å². The van der Waals surface area contributed by atoms with Crippen LogP contribution in [-0.2, 0) is 4.74 Å². The third-order valence-corrected chi connectivity index (χ3v) is 5.72. The van der Waals surface area contributed by atoms with E-state index in [9.17, 15) is 9.18 Å². The molecule has 1 spiro atoms. The van der Waals surface area contributed by atoms with Crippen molar-refractivity contribution in [1.82, 2.24) is 25.3 Å². The number of anilines is 1. The summed E-state index contributed by atoms with van der Waals surface area (Å²) in [4.78, 5) is 27.3. The number of ether oxygens (including phenoxy) is 1. The molecule has 1 saturated carbocycles. The zero-order valence-electron chi connectivity index (χ0n) is 15.3. The van der Waals surface area contributed by atoms with E-state index >= 15 is 0 Å². The van der Waals surface area contributed by atoms with Gasteiger partial charge in [0.25, 0.3) is 0 Å². The molecule has 0 aromatic carbocycles. The second kappa shape index (κ2) is 6.84. The molecule has 1 saturated heterocycles. The number of halogens is 2. The van der Waals surface area contributed by atoms with Gasteiger partial charge in [-0.15, -0.1) is 0 Å². The Morgan fingerprint density at radius 3 is 3.07 bits per heavy atom. The summed E-state index contributed by atoms with van der Waals surface area (Å²) in [6.45, 7) is 0.338. The lowest BCUT2D eigenvalue weighted by Gasteiger charge is -2.36. The van der Waals surface area contributed by atoms with Gasteiger partial charge in [-0.3, -0.25) is 0 Å². The van der Waals surface area contributed by atoms with Gasteiger partial charge in [0.15, 0.2) is 17.5 Å². The summed E-state index contributed by atoms with van der Waals surface area (Å²) >= 11 is 6.06.